The maximum atomic E-state index is 8.68. The van der Waals surface area contributed by atoms with Crippen molar-refractivity contribution in [2.45, 2.75) is 32.9 Å². The molecule has 0 spiro atoms. The highest BCUT2D eigenvalue weighted by Crippen LogP contribution is 2.23. The summed E-state index contributed by atoms with van der Waals surface area (Å²) in [7, 11) is 1.93. The zero-order valence-corrected chi connectivity index (χ0v) is 10.2. The Bertz CT molecular complexity index is 395. The van der Waals surface area contributed by atoms with E-state index in [-0.39, 0.29) is 0 Å². The molecular weight excluding hydrogens is 200 g/mol. The van der Waals surface area contributed by atoms with Crippen LogP contribution in [0.15, 0.2) is 18.2 Å². The average molecular weight is 218 g/mol. The number of rotatable bonds is 4. The van der Waals surface area contributed by atoms with Crippen molar-refractivity contribution in [3.8, 4) is 11.8 Å². The fourth-order valence-corrected chi connectivity index (χ4v) is 1.46. The van der Waals surface area contributed by atoms with E-state index in [1.165, 1.54) is 5.56 Å². The molecule has 0 saturated heterocycles. The molecule has 3 nitrogen and oxygen atoms in total. The molecular formula is C13H18N2O. The molecule has 0 radical (unpaired) electrons. The van der Waals surface area contributed by atoms with Crippen LogP contribution in [0, 0.1) is 18.3 Å². The van der Waals surface area contributed by atoms with Crippen LogP contribution < -0.4 is 10.1 Å². The summed E-state index contributed by atoms with van der Waals surface area (Å²) in [4.78, 5) is 0. The molecule has 86 valence electrons. The summed E-state index contributed by atoms with van der Waals surface area (Å²) in [5.41, 5.74) is 2.28. The molecule has 0 aliphatic rings. The van der Waals surface area contributed by atoms with Gasteiger partial charge >= 0.3 is 0 Å². The van der Waals surface area contributed by atoms with E-state index in [0.717, 1.165) is 11.3 Å². The first-order chi connectivity index (χ1) is 7.58. The molecule has 1 aromatic rings. The van der Waals surface area contributed by atoms with E-state index in [1.54, 1.807) is 6.92 Å². The Labute approximate surface area is 97.0 Å². The highest BCUT2D eigenvalue weighted by Gasteiger charge is 2.08. The lowest BCUT2D eigenvalue weighted by molar-refractivity contribution is 0.274. The third-order valence-electron chi connectivity index (χ3n) is 2.62. The van der Waals surface area contributed by atoms with E-state index in [1.807, 2.05) is 26.1 Å². The van der Waals surface area contributed by atoms with Crippen molar-refractivity contribution in [1.82, 2.24) is 5.32 Å². The van der Waals surface area contributed by atoms with Crippen molar-refractivity contribution in [2.75, 3.05) is 7.05 Å². The third-order valence-corrected chi connectivity index (χ3v) is 2.62. The maximum Gasteiger partial charge on any atom is 0.181 e. The van der Waals surface area contributed by atoms with Crippen molar-refractivity contribution in [3.63, 3.8) is 0 Å². The standard InChI is InChI=1S/C13H18N2O/c1-9-7-12(11(3)15-4)5-6-13(9)16-10(2)8-14/h5-7,10-11,15H,1-4H3. The first kappa shape index (κ1) is 12.5. The summed E-state index contributed by atoms with van der Waals surface area (Å²) in [6.45, 7) is 5.84. The van der Waals surface area contributed by atoms with Crippen molar-refractivity contribution >= 4 is 0 Å². The van der Waals surface area contributed by atoms with E-state index in [4.69, 9.17) is 10.00 Å². The molecule has 16 heavy (non-hydrogen) atoms. The van der Waals surface area contributed by atoms with E-state index in [0.29, 0.717) is 6.04 Å². The predicted molar refractivity (Wildman–Crippen MR) is 64.4 cm³/mol. The molecule has 0 heterocycles. The number of nitrogens with zero attached hydrogens (tertiary/aromatic N) is 1. The second-order valence-electron chi connectivity index (χ2n) is 3.92. The zero-order valence-electron chi connectivity index (χ0n) is 10.2. The first-order valence-corrected chi connectivity index (χ1v) is 5.42. The van der Waals surface area contributed by atoms with Gasteiger partial charge in [0.2, 0.25) is 0 Å². The van der Waals surface area contributed by atoms with Crippen LogP contribution in [0.2, 0.25) is 0 Å². The highest BCUT2D eigenvalue weighted by molar-refractivity contribution is 5.37. The number of ether oxygens (including phenoxy) is 1. The largest absolute Gasteiger partial charge is 0.476 e. The topological polar surface area (TPSA) is 45.0 Å². The fraction of sp³-hybridized carbons (Fsp3) is 0.462. The van der Waals surface area contributed by atoms with Gasteiger partial charge in [-0.05, 0) is 45.0 Å². The van der Waals surface area contributed by atoms with Crippen LogP contribution in [0.5, 0.6) is 5.75 Å². The summed E-state index contributed by atoms with van der Waals surface area (Å²) in [5.74, 6) is 0.779. The number of hydrogen-bond acceptors (Lipinski definition) is 3. The van der Waals surface area contributed by atoms with Crippen LogP contribution in [0.25, 0.3) is 0 Å². The zero-order chi connectivity index (χ0) is 12.1. The molecule has 0 fully saturated rings. The summed E-state index contributed by atoms with van der Waals surface area (Å²) in [5, 5.41) is 11.9. The Morgan fingerprint density at radius 1 is 1.38 bits per heavy atom. The SMILES string of the molecule is CNC(C)c1ccc(OC(C)C#N)c(C)c1. The van der Waals surface area contributed by atoms with Crippen LogP contribution in [0.4, 0.5) is 0 Å². The minimum Gasteiger partial charge on any atom is -0.476 e. The lowest BCUT2D eigenvalue weighted by Gasteiger charge is -2.15. The molecule has 0 aliphatic carbocycles. The molecule has 0 aliphatic heterocycles. The van der Waals surface area contributed by atoms with E-state index >= 15 is 0 Å². The molecule has 1 N–H and O–H groups in total. The molecule has 0 saturated carbocycles. The summed E-state index contributed by atoms with van der Waals surface area (Å²) < 4.78 is 5.48. The molecule has 2 unspecified atom stereocenters. The third kappa shape index (κ3) is 2.98. The Morgan fingerprint density at radius 2 is 2.06 bits per heavy atom. The van der Waals surface area contributed by atoms with Crippen LogP contribution in [-0.4, -0.2) is 13.2 Å². The quantitative estimate of drug-likeness (QED) is 0.844. The molecule has 3 heteroatoms. The van der Waals surface area contributed by atoms with Gasteiger partial charge in [-0.2, -0.15) is 5.26 Å². The minimum absolute atomic E-state index is 0.321. The van der Waals surface area contributed by atoms with E-state index in [2.05, 4.69) is 24.4 Å². The fourth-order valence-electron chi connectivity index (χ4n) is 1.46. The maximum absolute atomic E-state index is 8.68. The molecule has 1 aromatic carbocycles. The lowest BCUT2D eigenvalue weighted by atomic mass is 10.1. The Morgan fingerprint density at radius 3 is 2.56 bits per heavy atom. The lowest BCUT2D eigenvalue weighted by Crippen LogP contribution is -2.13. The second-order valence-corrected chi connectivity index (χ2v) is 3.92. The van der Waals surface area contributed by atoms with E-state index < -0.39 is 6.10 Å². The van der Waals surface area contributed by atoms with Gasteiger partial charge in [0.25, 0.3) is 0 Å². The number of nitrogens with one attached hydrogen (secondary N) is 1. The molecule has 2 atom stereocenters. The van der Waals surface area contributed by atoms with E-state index in [9.17, 15) is 0 Å². The predicted octanol–water partition coefficient (Wildman–Crippen LogP) is 2.57. The van der Waals surface area contributed by atoms with Crippen LogP contribution in [-0.2, 0) is 0 Å². The van der Waals surface area contributed by atoms with Gasteiger partial charge in [-0.25, -0.2) is 0 Å². The van der Waals surface area contributed by atoms with Gasteiger partial charge in [0, 0.05) is 6.04 Å². The van der Waals surface area contributed by atoms with Crippen molar-refractivity contribution < 1.29 is 4.74 Å². The van der Waals surface area contributed by atoms with Gasteiger partial charge in [-0.15, -0.1) is 0 Å². The average Bonchev–Trinajstić information content (AvgIpc) is 2.30. The smallest absolute Gasteiger partial charge is 0.181 e. The van der Waals surface area contributed by atoms with Crippen molar-refractivity contribution in [3.05, 3.63) is 29.3 Å². The number of hydrogen-bond donors (Lipinski definition) is 1. The number of nitriles is 1. The van der Waals surface area contributed by atoms with Gasteiger partial charge in [-0.3, -0.25) is 0 Å². The van der Waals surface area contributed by atoms with Gasteiger partial charge in [-0.1, -0.05) is 12.1 Å². The van der Waals surface area contributed by atoms with Crippen molar-refractivity contribution in [2.24, 2.45) is 0 Å². The first-order valence-electron chi connectivity index (χ1n) is 5.42. The number of benzene rings is 1. The number of aryl methyl sites for hydroxylation is 1. The van der Waals surface area contributed by atoms with Gasteiger partial charge < -0.3 is 10.1 Å². The summed E-state index contributed by atoms with van der Waals surface area (Å²) in [6.07, 6.45) is -0.411. The Kier molecular flexibility index (Phi) is 4.33. The molecule has 0 bridgehead atoms. The van der Waals surface area contributed by atoms with Gasteiger partial charge in [0.15, 0.2) is 6.10 Å². The van der Waals surface area contributed by atoms with Gasteiger partial charge in [0.05, 0.1) is 0 Å². The van der Waals surface area contributed by atoms with Crippen LogP contribution in [0.1, 0.15) is 31.0 Å². The second kappa shape index (κ2) is 5.53. The summed E-state index contributed by atoms with van der Waals surface area (Å²) >= 11 is 0. The Balaban J connectivity index is 2.88. The minimum atomic E-state index is -0.411. The van der Waals surface area contributed by atoms with Crippen LogP contribution >= 0.6 is 0 Å². The summed E-state index contributed by atoms with van der Waals surface area (Å²) in [6, 6.07) is 8.40. The molecule has 0 amide bonds. The normalized spacial score (nSPS) is 13.9. The van der Waals surface area contributed by atoms with Gasteiger partial charge in [0.1, 0.15) is 11.8 Å². The van der Waals surface area contributed by atoms with Crippen LogP contribution in [0.3, 0.4) is 0 Å². The molecule has 0 aromatic heterocycles. The highest BCUT2D eigenvalue weighted by atomic mass is 16.5. The van der Waals surface area contributed by atoms with Crippen molar-refractivity contribution in [1.29, 1.82) is 5.26 Å². The Hall–Kier alpha value is -1.53. The molecule has 1 rings (SSSR count). The monoisotopic (exact) mass is 218 g/mol.